The summed E-state index contributed by atoms with van der Waals surface area (Å²) in [6.45, 7) is 20.1. The smallest absolute Gasteiger partial charge is 0.218 e. The minimum Gasteiger partial charge on any atom is -0.856 e. The van der Waals surface area contributed by atoms with E-state index in [2.05, 4.69) is 13.4 Å². The second-order valence-electron chi connectivity index (χ2n) is 7.22. The third-order valence-corrected chi connectivity index (χ3v) is 5.64. The van der Waals surface area contributed by atoms with E-state index in [1.807, 2.05) is 75.6 Å². The Morgan fingerprint density at radius 3 is 1.42 bits per heavy atom. The highest BCUT2D eigenvalue weighted by molar-refractivity contribution is 5.35. The molecule has 1 aliphatic heterocycles. The number of rotatable bonds is 2. The first-order valence-electron chi connectivity index (χ1n) is 12.3. The summed E-state index contributed by atoms with van der Waals surface area (Å²) in [5.74, 6) is -0.151. The molecule has 1 saturated heterocycles. The summed E-state index contributed by atoms with van der Waals surface area (Å²) in [4.78, 5) is 3.68. The van der Waals surface area contributed by atoms with Gasteiger partial charge in [-0.25, -0.2) is 0 Å². The largest absolute Gasteiger partial charge is 0.856 e. The normalized spacial score (nSPS) is 20.5. The van der Waals surface area contributed by atoms with Crippen molar-refractivity contribution in [3.63, 3.8) is 0 Å². The van der Waals surface area contributed by atoms with Crippen LogP contribution in [-0.2, 0) is 0 Å². The molecule has 3 heterocycles. The van der Waals surface area contributed by atoms with Crippen molar-refractivity contribution in [3.8, 4) is 0 Å². The molecule has 2 unspecified atom stereocenters. The fourth-order valence-electron chi connectivity index (χ4n) is 4.26. The molecule has 2 aromatic heterocycles. The molecular weight excluding hydrogens is 412 g/mol. The van der Waals surface area contributed by atoms with Crippen LogP contribution in [0.4, 0.5) is 0 Å². The third-order valence-electron chi connectivity index (χ3n) is 5.64. The lowest BCUT2D eigenvalue weighted by Crippen LogP contribution is -2.48. The van der Waals surface area contributed by atoms with Gasteiger partial charge in [0.1, 0.15) is 13.4 Å². The second kappa shape index (κ2) is 14.2. The van der Waals surface area contributed by atoms with Crippen molar-refractivity contribution in [2.75, 3.05) is 6.67 Å². The summed E-state index contributed by atoms with van der Waals surface area (Å²) >= 11 is 0. The Morgan fingerprint density at radius 1 is 0.727 bits per heavy atom. The molecule has 1 aliphatic carbocycles. The first-order valence-corrected chi connectivity index (χ1v) is 12.3. The van der Waals surface area contributed by atoms with Gasteiger partial charge in [0.15, 0.2) is 12.4 Å². The van der Waals surface area contributed by atoms with Gasteiger partial charge in [-0.15, -0.1) is 0 Å². The Balaban J connectivity index is 0.000000841. The Bertz CT molecular complexity index is 985. The Hall–Kier alpha value is -3.02. The van der Waals surface area contributed by atoms with Crippen LogP contribution in [-0.4, -0.2) is 28.6 Å². The lowest BCUT2D eigenvalue weighted by atomic mass is 9.90. The molecule has 0 N–H and O–H groups in total. The van der Waals surface area contributed by atoms with Gasteiger partial charge in [0, 0.05) is 36.0 Å². The standard InChI is InChI=1S/C21H24N4O2.3C2H6/c1-22-13-7-5-11-18(22)20(26)24-15-25(17-10-4-3-9-16(17)24)21(27)19-12-6-8-14-23(19)2;3*1-2/h5-8,11-14,16-17H,1-4,9-10,15H2;3*1-2H3. The van der Waals surface area contributed by atoms with Gasteiger partial charge in [-0.2, -0.15) is 8.49 Å². The highest BCUT2D eigenvalue weighted by atomic mass is 16.3. The summed E-state index contributed by atoms with van der Waals surface area (Å²) < 4.78 is 3.18. The fourth-order valence-corrected chi connectivity index (χ4v) is 4.26. The summed E-state index contributed by atoms with van der Waals surface area (Å²) in [6.07, 6.45) is 7.52. The predicted molar refractivity (Wildman–Crippen MR) is 129 cm³/mol. The van der Waals surface area contributed by atoms with Crippen LogP contribution in [0.2, 0.25) is 0 Å². The monoisotopic (exact) mass is 454 g/mol. The van der Waals surface area contributed by atoms with E-state index in [0.29, 0.717) is 17.4 Å². The number of fused-ring (bicyclic) bond motifs is 1. The quantitative estimate of drug-likeness (QED) is 0.637. The van der Waals surface area contributed by atoms with E-state index < -0.39 is 0 Å². The Morgan fingerprint density at radius 2 is 1.09 bits per heavy atom. The maximum atomic E-state index is 13.2. The van der Waals surface area contributed by atoms with Gasteiger partial charge in [-0.1, -0.05) is 54.4 Å². The van der Waals surface area contributed by atoms with Crippen molar-refractivity contribution in [3.05, 3.63) is 72.9 Å². The van der Waals surface area contributed by atoms with E-state index in [4.69, 9.17) is 0 Å². The van der Waals surface area contributed by atoms with E-state index in [9.17, 15) is 10.2 Å². The second-order valence-corrected chi connectivity index (χ2v) is 7.22. The highest BCUT2D eigenvalue weighted by Crippen LogP contribution is 2.35. The SMILES string of the molecule is C=[n+]1ccccc1=C([O-])N1CN(C([O-])=c2cccc[n+]2=C)C2CCCCC21.CC.CC.CC. The van der Waals surface area contributed by atoms with Crippen molar-refractivity contribution < 1.29 is 18.7 Å². The number of nitrogens with zero attached hydrogens (tertiary/aromatic N) is 4. The molecule has 182 valence electrons. The van der Waals surface area contributed by atoms with Crippen molar-refractivity contribution in [1.29, 1.82) is 0 Å². The number of hydrogen-bond acceptors (Lipinski definition) is 4. The van der Waals surface area contributed by atoms with Gasteiger partial charge in [0.2, 0.25) is 10.7 Å². The van der Waals surface area contributed by atoms with Gasteiger partial charge in [0.05, 0.1) is 18.8 Å². The van der Waals surface area contributed by atoms with Crippen LogP contribution in [0, 0.1) is 13.4 Å². The van der Waals surface area contributed by atoms with Crippen LogP contribution < -0.4 is 29.4 Å². The first kappa shape index (κ1) is 28.0. The molecule has 0 amide bonds. The van der Waals surface area contributed by atoms with Crippen LogP contribution >= 0.6 is 0 Å². The van der Waals surface area contributed by atoms with Crippen molar-refractivity contribution in [1.82, 2.24) is 9.80 Å². The van der Waals surface area contributed by atoms with Crippen LogP contribution in [0.3, 0.4) is 0 Å². The number of pyridine rings is 2. The van der Waals surface area contributed by atoms with Gasteiger partial charge in [0.25, 0.3) is 0 Å². The summed E-state index contributed by atoms with van der Waals surface area (Å²) in [5, 5.41) is 27.5. The summed E-state index contributed by atoms with van der Waals surface area (Å²) in [7, 11) is 0. The molecular formula is C27H42N4O2. The molecule has 2 atom stereocenters. The van der Waals surface area contributed by atoms with E-state index in [1.54, 1.807) is 33.0 Å². The minimum atomic E-state index is -0.0756. The van der Waals surface area contributed by atoms with Gasteiger partial charge < -0.3 is 20.0 Å². The molecule has 2 fully saturated rings. The molecule has 0 bridgehead atoms. The maximum Gasteiger partial charge on any atom is 0.218 e. The lowest BCUT2D eigenvalue weighted by Gasteiger charge is -2.35. The fraction of sp³-hybridized carbons (Fsp3) is 0.481. The zero-order valence-electron chi connectivity index (χ0n) is 21.3. The van der Waals surface area contributed by atoms with Crippen LogP contribution in [0.5, 0.6) is 0 Å². The molecule has 0 aromatic carbocycles. The molecule has 0 spiro atoms. The van der Waals surface area contributed by atoms with Crippen LogP contribution in [0.15, 0.2) is 48.8 Å². The van der Waals surface area contributed by atoms with Gasteiger partial charge >= 0.3 is 0 Å². The number of aromatic nitrogens is 2. The molecule has 0 radical (unpaired) electrons. The van der Waals surface area contributed by atoms with Crippen molar-refractivity contribution in [2.45, 2.75) is 79.3 Å². The molecule has 4 rings (SSSR count). The zero-order chi connectivity index (χ0) is 25.0. The van der Waals surface area contributed by atoms with Crippen molar-refractivity contribution >= 4 is 11.8 Å². The van der Waals surface area contributed by atoms with Crippen LogP contribution in [0.25, 0.3) is 11.8 Å². The molecule has 33 heavy (non-hydrogen) atoms. The first-order chi connectivity index (χ1) is 16.1. The summed E-state index contributed by atoms with van der Waals surface area (Å²) in [5.41, 5.74) is 0. The Kier molecular flexibility index (Phi) is 12.0. The molecule has 6 nitrogen and oxygen atoms in total. The van der Waals surface area contributed by atoms with E-state index in [1.165, 1.54) is 0 Å². The average molecular weight is 455 g/mol. The summed E-state index contributed by atoms with van der Waals surface area (Å²) in [6, 6.07) is 11.0. The molecule has 2 aromatic rings. The van der Waals surface area contributed by atoms with Gasteiger partial charge in [-0.05, 0) is 25.0 Å². The van der Waals surface area contributed by atoms with E-state index >= 15 is 0 Å². The topological polar surface area (TPSA) is 64.4 Å². The third kappa shape index (κ3) is 6.28. The average Bonchev–Trinajstić information content (AvgIpc) is 3.27. The van der Waals surface area contributed by atoms with E-state index in [-0.39, 0.29) is 23.8 Å². The van der Waals surface area contributed by atoms with Gasteiger partial charge in [-0.3, -0.25) is 0 Å². The number of hydrogen-bond donors (Lipinski definition) is 0. The zero-order valence-corrected chi connectivity index (χ0v) is 21.3. The predicted octanol–water partition coefficient (Wildman–Crippen LogP) is 1.06. The Labute approximate surface area is 199 Å². The maximum absolute atomic E-state index is 13.2. The molecule has 1 saturated carbocycles. The minimum absolute atomic E-state index is 0.0531. The van der Waals surface area contributed by atoms with Crippen LogP contribution in [0.1, 0.15) is 67.2 Å². The molecule has 2 aliphatic rings. The highest BCUT2D eigenvalue weighted by Gasteiger charge is 2.41. The van der Waals surface area contributed by atoms with Crippen molar-refractivity contribution in [2.24, 2.45) is 0 Å². The van der Waals surface area contributed by atoms with E-state index in [0.717, 1.165) is 25.7 Å². The lowest BCUT2D eigenvalue weighted by molar-refractivity contribution is -0.519. The molecule has 6 heteroatoms.